The van der Waals surface area contributed by atoms with E-state index in [-0.39, 0.29) is 5.78 Å². The monoisotopic (exact) mass is 299 g/mol. The molecule has 0 saturated carbocycles. The van der Waals surface area contributed by atoms with E-state index < -0.39 is 0 Å². The van der Waals surface area contributed by atoms with Crippen LogP contribution in [0.5, 0.6) is 0 Å². The largest absolute Gasteiger partial charge is 0.395 e. The number of oxime groups is 1. The van der Waals surface area contributed by atoms with E-state index in [0.29, 0.717) is 30.5 Å². The van der Waals surface area contributed by atoms with Gasteiger partial charge in [-0.25, -0.2) is 0 Å². The Hall–Kier alpha value is -2.30. The van der Waals surface area contributed by atoms with Crippen LogP contribution in [0.15, 0.2) is 40.8 Å². The predicted molar refractivity (Wildman–Crippen MR) is 85.5 cm³/mol. The molecule has 1 aliphatic heterocycles. The van der Waals surface area contributed by atoms with Gasteiger partial charge in [0.15, 0.2) is 0 Å². The third kappa shape index (κ3) is 2.26. The fourth-order valence-electron chi connectivity index (χ4n) is 2.88. The van der Waals surface area contributed by atoms with Gasteiger partial charge in [-0.2, -0.15) is 0 Å². The number of fused-ring (bicyclic) bond motifs is 1. The summed E-state index contributed by atoms with van der Waals surface area (Å²) in [6.45, 7) is 5.40. The van der Waals surface area contributed by atoms with Gasteiger partial charge in [0.1, 0.15) is 18.0 Å². The second-order valence-corrected chi connectivity index (χ2v) is 6.24. The van der Waals surface area contributed by atoms with Crippen LogP contribution in [0, 0.1) is 5.92 Å². The van der Waals surface area contributed by atoms with Crippen molar-refractivity contribution in [2.75, 3.05) is 27.4 Å². The van der Waals surface area contributed by atoms with E-state index in [2.05, 4.69) is 19.0 Å². The average molecular weight is 299 g/mol. The van der Waals surface area contributed by atoms with Crippen LogP contribution < -0.4 is 0 Å². The van der Waals surface area contributed by atoms with Crippen LogP contribution in [0.25, 0.3) is 0 Å². The Morgan fingerprint density at radius 2 is 1.77 bits per heavy atom. The highest BCUT2D eigenvalue weighted by atomic mass is 16.6. The molecule has 1 heterocycles. The van der Waals surface area contributed by atoms with Crippen molar-refractivity contribution in [3.8, 4) is 0 Å². The first-order valence-corrected chi connectivity index (χ1v) is 7.51. The molecule has 0 spiro atoms. The molecule has 2 aliphatic rings. The first-order valence-electron chi connectivity index (χ1n) is 7.51. The highest BCUT2D eigenvalue weighted by Gasteiger charge is 2.39. The Labute approximate surface area is 130 Å². The number of hydrogen-bond donors (Lipinski definition) is 0. The zero-order valence-corrected chi connectivity index (χ0v) is 13.5. The quantitative estimate of drug-likeness (QED) is 0.804. The molecule has 1 aliphatic carbocycles. The molecule has 0 aromatic heterocycles. The fourth-order valence-corrected chi connectivity index (χ4v) is 2.88. The number of hydrogen-bond acceptors (Lipinski definition) is 5. The minimum absolute atomic E-state index is 0.0558. The van der Waals surface area contributed by atoms with Gasteiger partial charge in [-0.15, -0.1) is 0 Å². The van der Waals surface area contributed by atoms with Crippen LogP contribution in [0.1, 0.15) is 29.8 Å². The number of carbonyl (C=O) groups is 1. The second-order valence-electron chi connectivity index (χ2n) is 6.24. The summed E-state index contributed by atoms with van der Waals surface area (Å²) < 4.78 is 0. The van der Waals surface area contributed by atoms with Gasteiger partial charge < -0.3 is 14.6 Å². The van der Waals surface area contributed by atoms with Gasteiger partial charge in [-0.05, 0) is 5.92 Å². The van der Waals surface area contributed by atoms with Crippen molar-refractivity contribution >= 4 is 11.5 Å². The van der Waals surface area contributed by atoms with E-state index in [0.717, 1.165) is 17.0 Å². The lowest BCUT2D eigenvalue weighted by molar-refractivity contribution is 0.1000. The van der Waals surface area contributed by atoms with Gasteiger partial charge in [0, 0.05) is 25.2 Å². The van der Waals surface area contributed by atoms with E-state index >= 15 is 0 Å². The highest BCUT2D eigenvalue weighted by Crippen LogP contribution is 2.33. The lowest BCUT2D eigenvalue weighted by Crippen LogP contribution is -2.27. The summed E-state index contributed by atoms with van der Waals surface area (Å²) in [4.78, 5) is 22.3. The summed E-state index contributed by atoms with van der Waals surface area (Å²) in [7, 11) is 3.90. The minimum atomic E-state index is 0.0558. The zero-order valence-electron chi connectivity index (χ0n) is 13.5. The van der Waals surface area contributed by atoms with Gasteiger partial charge >= 0.3 is 0 Å². The van der Waals surface area contributed by atoms with Crippen LogP contribution in [0.4, 0.5) is 0 Å². The molecule has 3 rings (SSSR count). The molecule has 22 heavy (non-hydrogen) atoms. The Kier molecular flexibility index (Phi) is 3.64. The van der Waals surface area contributed by atoms with Gasteiger partial charge in [0.05, 0.1) is 12.4 Å². The molecular formula is C17H21N3O2. The maximum Gasteiger partial charge on any atom is 0.211 e. The average Bonchev–Trinajstić information content (AvgIpc) is 2.77. The van der Waals surface area contributed by atoms with Gasteiger partial charge in [-0.1, -0.05) is 43.3 Å². The van der Waals surface area contributed by atoms with Gasteiger partial charge in [-0.3, -0.25) is 4.79 Å². The molecule has 1 aromatic carbocycles. The molecule has 0 unspecified atom stereocenters. The van der Waals surface area contributed by atoms with Crippen molar-refractivity contribution in [2.45, 2.75) is 13.8 Å². The zero-order chi connectivity index (χ0) is 15.9. The summed E-state index contributed by atoms with van der Waals surface area (Å²) in [5, 5.41) is 4.36. The van der Waals surface area contributed by atoms with E-state index in [1.165, 1.54) is 0 Å². The third-order valence-corrected chi connectivity index (χ3v) is 3.84. The number of allylic oxidation sites excluding steroid dienone is 2. The molecular weight excluding hydrogens is 278 g/mol. The SMILES string of the molecule is CC(C)CON=C1C2=C(C(=O)c3ccccc31)N(C)CN2C. The molecule has 0 radical (unpaired) electrons. The van der Waals surface area contributed by atoms with Crippen LogP contribution in [0.2, 0.25) is 0 Å². The summed E-state index contributed by atoms with van der Waals surface area (Å²) in [5.41, 5.74) is 3.84. The Morgan fingerprint density at radius 3 is 2.45 bits per heavy atom. The Morgan fingerprint density at radius 1 is 1.14 bits per heavy atom. The van der Waals surface area contributed by atoms with E-state index in [1.807, 2.05) is 48.2 Å². The maximum atomic E-state index is 12.8. The second kappa shape index (κ2) is 5.48. The molecule has 0 fully saturated rings. The predicted octanol–water partition coefficient (Wildman–Crippen LogP) is 2.31. The number of carbonyl (C=O) groups excluding carboxylic acids is 1. The normalized spacial score (nSPS) is 19.1. The van der Waals surface area contributed by atoms with Crippen LogP contribution in [-0.2, 0) is 4.84 Å². The fraction of sp³-hybridized carbons (Fsp3) is 0.412. The molecule has 5 nitrogen and oxygen atoms in total. The van der Waals surface area contributed by atoms with Gasteiger partial charge in [0.2, 0.25) is 5.78 Å². The number of benzene rings is 1. The molecule has 0 atom stereocenters. The summed E-state index contributed by atoms with van der Waals surface area (Å²) in [6, 6.07) is 7.59. The lowest BCUT2D eigenvalue weighted by atomic mass is 9.90. The standard InChI is InChI=1S/C17H21N3O2/c1-11(2)9-22-18-14-12-7-5-6-8-13(12)17(21)16-15(14)19(3)10-20(16)4/h5-8,11H,9-10H2,1-4H3. The number of rotatable bonds is 3. The minimum Gasteiger partial charge on any atom is -0.395 e. The number of Topliss-reactive ketones (excluding diaryl/α,β-unsaturated/α-hetero) is 1. The first kappa shape index (κ1) is 14.6. The number of likely N-dealkylation sites (N-methyl/N-ethyl adjacent to an activating group) is 2. The topological polar surface area (TPSA) is 45.1 Å². The summed E-state index contributed by atoms with van der Waals surface area (Å²) in [5.74, 6) is 0.461. The summed E-state index contributed by atoms with van der Waals surface area (Å²) >= 11 is 0. The van der Waals surface area contributed by atoms with Crippen molar-refractivity contribution in [3.63, 3.8) is 0 Å². The molecule has 5 heteroatoms. The van der Waals surface area contributed by atoms with Gasteiger partial charge in [0.25, 0.3) is 0 Å². The van der Waals surface area contributed by atoms with Crippen molar-refractivity contribution < 1.29 is 9.63 Å². The molecule has 0 amide bonds. The smallest absolute Gasteiger partial charge is 0.211 e. The van der Waals surface area contributed by atoms with E-state index in [9.17, 15) is 4.79 Å². The number of nitrogens with zero attached hydrogens (tertiary/aromatic N) is 3. The summed E-state index contributed by atoms with van der Waals surface area (Å²) in [6.07, 6.45) is 0. The van der Waals surface area contributed by atoms with Crippen molar-refractivity contribution in [3.05, 3.63) is 46.8 Å². The van der Waals surface area contributed by atoms with Crippen LogP contribution in [0.3, 0.4) is 0 Å². The van der Waals surface area contributed by atoms with Crippen molar-refractivity contribution in [1.82, 2.24) is 9.80 Å². The van der Waals surface area contributed by atoms with Crippen LogP contribution >= 0.6 is 0 Å². The Bertz CT molecular complexity index is 676. The first-order chi connectivity index (χ1) is 10.5. The van der Waals surface area contributed by atoms with E-state index in [1.54, 1.807) is 0 Å². The van der Waals surface area contributed by atoms with Crippen molar-refractivity contribution in [2.24, 2.45) is 11.1 Å². The molecule has 0 N–H and O–H groups in total. The molecule has 116 valence electrons. The molecule has 0 saturated heterocycles. The maximum absolute atomic E-state index is 12.8. The molecule has 0 bridgehead atoms. The third-order valence-electron chi connectivity index (χ3n) is 3.84. The lowest BCUT2D eigenvalue weighted by Gasteiger charge is -2.22. The molecule has 1 aromatic rings. The highest BCUT2D eigenvalue weighted by molar-refractivity contribution is 6.28. The van der Waals surface area contributed by atoms with Crippen molar-refractivity contribution in [1.29, 1.82) is 0 Å². The van der Waals surface area contributed by atoms with Crippen LogP contribution in [-0.4, -0.2) is 48.7 Å². The Balaban J connectivity index is 2.11. The van der Waals surface area contributed by atoms with E-state index in [4.69, 9.17) is 4.84 Å². The number of ketones is 1.